The van der Waals surface area contributed by atoms with E-state index in [9.17, 15) is 10.1 Å². The number of fused-ring (bicyclic) bond motifs is 1. The van der Waals surface area contributed by atoms with Crippen LogP contribution in [0.4, 0.5) is 16.6 Å². The van der Waals surface area contributed by atoms with Crippen LogP contribution in [0.5, 0.6) is 0 Å². The standard InChI is InChI=1S/C21H29N7O2/c1-12(2)24-18-17-13(8-16(10-22)25-18)11-23-19(28-17)26-14-6-7-15(9-14)27-20(29)30-21(3,4)5/h8,11-12,14-15H,6-7,9H2,1-5H3,(H,24,25)(H,27,29)(H,23,26,28)/t14-,15-/m0/s1. The van der Waals surface area contributed by atoms with E-state index < -0.39 is 5.60 Å². The number of alkyl carbamates (subject to hydrolysis) is 1. The summed E-state index contributed by atoms with van der Waals surface area (Å²) in [7, 11) is 0. The highest BCUT2D eigenvalue weighted by atomic mass is 16.6. The van der Waals surface area contributed by atoms with Crippen molar-refractivity contribution in [3.05, 3.63) is 18.0 Å². The second-order valence-corrected chi connectivity index (χ2v) is 8.90. The zero-order chi connectivity index (χ0) is 21.9. The highest BCUT2D eigenvalue weighted by Gasteiger charge is 2.28. The SMILES string of the molecule is CC(C)Nc1nc(C#N)cc2cnc(N[C@H]3CC[C@H](NC(=O)OC(C)(C)C)C3)nc12. The van der Waals surface area contributed by atoms with Gasteiger partial charge in [-0.05, 0) is 59.9 Å². The van der Waals surface area contributed by atoms with Crippen molar-refractivity contribution in [2.75, 3.05) is 10.6 Å². The van der Waals surface area contributed by atoms with E-state index >= 15 is 0 Å². The number of pyridine rings is 1. The molecule has 0 spiro atoms. The van der Waals surface area contributed by atoms with E-state index in [0.717, 1.165) is 24.6 Å². The zero-order valence-electron chi connectivity index (χ0n) is 18.1. The number of nitrogens with one attached hydrogen (secondary N) is 3. The Morgan fingerprint density at radius 3 is 2.67 bits per heavy atom. The van der Waals surface area contributed by atoms with Crippen molar-refractivity contribution in [2.45, 2.75) is 77.6 Å². The van der Waals surface area contributed by atoms with Crippen LogP contribution >= 0.6 is 0 Å². The summed E-state index contributed by atoms with van der Waals surface area (Å²) < 4.78 is 5.33. The molecule has 2 aromatic heterocycles. The highest BCUT2D eigenvalue weighted by molar-refractivity contribution is 5.89. The molecule has 2 heterocycles. The molecule has 1 aliphatic carbocycles. The molecule has 0 aliphatic heterocycles. The van der Waals surface area contributed by atoms with E-state index in [-0.39, 0.29) is 24.2 Å². The number of nitrogens with zero attached hydrogens (tertiary/aromatic N) is 4. The maximum Gasteiger partial charge on any atom is 0.407 e. The first-order valence-corrected chi connectivity index (χ1v) is 10.2. The predicted octanol–water partition coefficient (Wildman–Crippen LogP) is 3.57. The van der Waals surface area contributed by atoms with E-state index in [0.29, 0.717) is 23.0 Å². The molecule has 9 nitrogen and oxygen atoms in total. The summed E-state index contributed by atoms with van der Waals surface area (Å²) in [5, 5.41) is 19.5. The van der Waals surface area contributed by atoms with E-state index in [1.807, 2.05) is 34.6 Å². The minimum absolute atomic E-state index is 0.0517. The van der Waals surface area contributed by atoms with Gasteiger partial charge in [-0.1, -0.05) is 0 Å². The van der Waals surface area contributed by atoms with Crippen molar-refractivity contribution in [1.29, 1.82) is 5.26 Å². The fourth-order valence-corrected chi connectivity index (χ4v) is 3.44. The maximum absolute atomic E-state index is 12.0. The largest absolute Gasteiger partial charge is 0.444 e. The molecular weight excluding hydrogens is 382 g/mol. The molecule has 160 valence electrons. The Labute approximate surface area is 176 Å². The van der Waals surface area contributed by atoms with Gasteiger partial charge in [-0.15, -0.1) is 0 Å². The topological polar surface area (TPSA) is 125 Å². The fourth-order valence-electron chi connectivity index (χ4n) is 3.44. The molecule has 0 bridgehead atoms. The molecule has 0 unspecified atom stereocenters. The average Bonchev–Trinajstić information content (AvgIpc) is 3.06. The lowest BCUT2D eigenvalue weighted by molar-refractivity contribution is 0.0505. The van der Waals surface area contributed by atoms with Crippen molar-refractivity contribution in [3.63, 3.8) is 0 Å². The van der Waals surface area contributed by atoms with Crippen LogP contribution in [0.25, 0.3) is 10.9 Å². The van der Waals surface area contributed by atoms with Gasteiger partial charge in [0, 0.05) is 29.7 Å². The number of rotatable bonds is 5. The molecule has 3 rings (SSSR count). The molecular formula is C21H29N7O2. The number of anilines is 2. The van der Waals surface area contributed by atoms with Gasteiger partial charge >= 0.3 is 6.09 Å². The van der Waals surface area contributed by atoms with Crippen molar-refractivity contribution in [3.8, 4) is 6.07 Å². The number of nitriles is 1. The summed E-state index contributed by atoms with van der Waals surface area (Å²) in [6, 6.07) is 4.10. The summed E-state index contributed by atoms with van der Waals surface area (Å²) >= 11 is 0. The third-order valence-corrected chi connectivity index (χ3v) is 4.59. The first-order valence-electron chi connectivity index (χ1n) is 10.2. The third-order valence-electron chi connectivity index (χ3n) is 4.59. The van der Waals surface area contributed by atoms with Crippen LogP contribution < -0.4 is 16.0 Å². The van der Waals surface area contributed by atoms with E-state index in [2.05, 4.69) is 37.0 Å². The lowest BCUT2D eigenvalue weighted by atomic mass is 10.2. The van der Waals surface area contributed by atoms with Crippen molar-refractivity contribution < 1.29 is 9.53 Å². The van der Waals surface area contributed by atoms with Crippen LogP contribution in [0.3, 0.4) is 0 Å². The van der Waals surface area contributed by atoms with Gasteiger partial charge in [0.2, 0.25) is 5.95 Å². The van der Waals surface area contributed by atoms with Gasteiger partial charge in [-0.3, -0.25) is 0 Å². The smallest absolute Gasteiger partial charge is 0.407 e. The van der Waals surface area contributed by atoms with Crippen LogP contribution in [0.15, 0.2) is 12.3 Å². The second kappa shape index (κ2) is 8.69. The first-order chi connectivity index (χ1) is 14.1. The molecule has 1 saturated carbocycles. The number of aromatic nitrogens is 3. The van der Waals surface area contributed by atoms with Gasteiger partial charge in [-0.2, -0.15) is 5.26 Å². The lowest BCUT2D eigenvalue weighted by Crippen LogP contribution is -2.38. The molecule has 1 aliphatic rings. The number of hydrogen-bond donors (Lipinski definition) is 3. The average molecular weight is 412 g/mol. The molecule has 1 amide bonds. The van der Waals surface area contributed by atoms with Gasteiger partial charge < -0.3 is 20.7 Å². The number of amides is 1. The maximum atomic E-state index is 12.0. The summed E-state index contributed by atoms with van der Waals surface area (Å²) in [6.45, 7) is 9.55. The summed E-state index contributed by atoms with van der Waals surface area (Å²) in [6.07, 6.45) is 3.83. The molecule has 0 saturated heterocycles. The Morgan fingerprint density at radius 1 is 1.27 bits per heavy atom. The van der Waals surface area contributed by atoms with Crippen molar-refractivity contribution in [1.82, 2.24) is 20.3 Å². The van der Waals surface area contributed by atoms with E-state index in [4.69, 9.17) is 4.74 Å². The monoisotopic (exact) mass is 411 g/mol. The number of ether oxygens (including phenoxy) is 1. The summed E-state index contributed by atoms with van der Waals surface area (Å²) in [5.41, 5.74) is 0.476. The Hall–Kier alpha value is -3.15. The highest BCUT2D eigenvalue weighted by Crippen LogP contribution is 2.25. The lowest BCUT2D eigenvalue weighted by Gasteiger charge is -2.21. The molecule has 0 radical (unpaired) electrons. The van der Waals surface area contributed by atoms with Gasteiger partial charge in [0.05, 0.1) is 0 Å². The molecule has 0 aromatic carbocycles. The van der Waals surface area contributed by atoms with Crippen LogP contribution in [-0.4, -0.2) is 44.8 Å². The Kier molecular flexibility index (Phi) is 6.25. The Balaban J connectivity index is 1.69. The van der Waals surface area contributed by atoms with Gasteiger partial charge in [-0.25, -0.2) is 19.7 Å². The van der Waals surface area contributed by atoms with E-state index in [1.165, 1.54) is 0 Å². The Bertz CT molecular complexity index is 962. The minimum atomic E-state index is -0.513. The normalized spacial score (nSPS) is 18.8. The minimum Gasteiger partial charge on any atom is -0.444 e. The van der Waals surface area contributed by atoms with Crippen LogP contribution in [-0.2, 0) is 4.74 Å². The van der Waals surface area contributed by atoms with Crippen molar-refractivity contribution >= 4 is 28.8 Å². The molecule has 2 atom stereocenters. The quantitative estimate of drug-likeness (QED) is 0.682. The Morgan fingerprint density at radius 2 is 2.00 bits per heavy atom. The predicted molar refractivity (Wildman–Crippen MR) is 115 cm³/mol. The van der Waals surface area contributed by atoms with Gasteiger partial charge in [0.15, 0.2) is 5.82 Å². The molecule has 1 fully saturated rings. The van der Waals surface area contributed by atoms with Crippen LogP contribution in [0, 0.1) is 11.3 Å². The summed E-state index contributed by atoms with van der Waals surface area (Å²) in [4.78, 5) is 25.4. The number of carbonyl (C=O) groups excluding carboxylic acids is 1. The number of hydrogen-bond acceptors (Lipinski definition) is 8. The van der Waals surface area contributed by atoms with Gasteiger partial charge in [0.1, 0.15) is 22.9 Å². The molecule has 3 N–H and O–H groups in total. The van der Waals surface area contributed by atoms with Crippen molar-refractivity contribution in [2.24, 2.45) is 0 Å². The second-order valence-electron chi connectivity index (χ2n) is 8.90. The number of carbonyl (C=O) groups is 1. The third kappa shape index (κ3) is 5.69. The zero-order valence-corrected chi connectivity index (χ0v) is 18.1. The first kappa shape index (κ1) is 21.6. The van der Waals surface area contributed by atoms with E-state index in [1.54, 1.807) is 12.3 Å². The van der Waals surface area contributed by atoms with Crippen LogP contribution in [0.1, 0.15) is 59.6 Å². The molecule has 2 aromatic rings. The molecule has 9 heteroatoms. The van der Waals surface area contributed by atoms with Gasteiger partial charge in [0.25, 0.3) is 0 Å². The molecule has 30 heavy (non-hydrogen) atoms. The fraction of sp³-hybridized carbons (Fsp3) is 0.571. The van der Waals surface area contributed by atoms with Crippen LogP contribution in [0.2, 0.25) is 0 Å². The summed E-state index contributed by atoms with van der Waals surface area (Å²) in [5.74, 6) is 1.07.